The Morgan fingerprint density at radius 1 is 1.03 bits per heavy atom. The van der Waals surface area contributed by atoms with Crippen LogP contribution in [0.25, 0.3) is 22.6 Å². The van der Waals surface area contributed by atoms with Gasteiger partial charge in [0.25, 0.3) is 0 Å². The summed E-state index contributed by atoms with van der Waals surface area (Å²) in [5.41, 5.74) is 11.1. The lowest BCUT2D eigenvalue weighted by Crippen LogP contribution is -2.05. The number of aromatic nitrogens is 6. The van der Waals surface area contributed by atoms with Crippen molar-refractivity contribution in [3.8, 4) is 28.7 Å². The van der Waals surface area contributed by atoms with E-state index in [4.69, 9.17) is 16.0 Å². The maximum atomic E-state index is 9.15. The Balaban J connectivity index is 1.61. The Labute approximate surface area is 180 Å². The van der Waals surface area contributed by atoms with Crippen LogP contribution in [0.1, 0.15) is 43.1 Å². The van der Waals surface area contributed by atoms with E-state index in [1.54, 1.807) is 22.9 Å². The Morgan fingerprint density at radius 3 is 2.65 bits per heavy atom. The van der Waals surface area contributed by atoms with E-state index in [9.17, 15) is 0 Å². The van der Waals surface area contributed by atoms with Crippen molar-refractivity contribution in [1.82, 2.24) is 29.9 Å². The zero-order valence-electron chi connectivity index (χ0n) is 17.4. The van der Waals surface area contributed by atoms with E-state index in [0.29, 0.717) is 35.1 Å². The molecule has 1 unspecified atom stereocenters. The molecule has 0 aliphatic rings. The molecule has 0 aliphatic carbocycles. The molecule has 2 N–H and O–H groups in total. The van der Waals surface area contributed by atoms with Crippen molar-refractivity contribution in [2.24, 2.45) is 0 Å². The monoisotopic (exact) mass is 410 g/mol. The summed E-state index contributed by atoms with van der Waals surface area (Å²) in [6.07, 6.45) is 2.85. The SMILES string of the molecule is CCC(C)c1cccc(Cn2cc(-c3cc(-c4cccc(C#N)c4)nc(N)n3)nn2)n1. The van der Waals surface area contributed by atoms with Crippen molar-refractivity contribution in [1.29, 1.82) is 5.26 Å². The van der Waals surface area contributed by atoms with Crippen molar-refractivity contribution in [2.75, 3.05) is 5.73 Å². The van der Waals surface area contributed by atoms with Gasteiger partial charge in [0.05, 0.1) is 41.5 Å². The van der Waals surface area contributed by atoms with Gasteiger partial charge in [-0.15, -0.1) is 5.10 Å². The molecule has 0 amide bonds. The molecule has 0 aliphatic heterocycles. The van der Waals surface area contributed by atoms with E-state index in [2.05, 4.69) is 46.3 Å². The van der Waals surface area contributed by atoms with Gasteiger partial charge in [-0.2, -0.15) is 5.26 Å². The van der Waals surface area contributed by atoms with Gasteiger partial charge in [0, 0.05) is 11.3 Å². The second-order valence-corrected chi connectivity index (χ2v) is 7.35. The number of anilines is 1. The third-order valence-electron chi connectivity index (χ3n) is 5.10. The van der Waals surface area contributed by atoms with Crippen LogP contribution in [0.2, 0.25) is 0 Å². The highest BCUT2D eigenvalue weighted by atomic mass is 15.4. The largest absolute Gasteiger partial charge is 0.368 e. The number of nitrogens with zero attached hydrogens (tertiary/aromatic N) is 7. The van der Waals surface area contributed by atoms with Crippen molar-refractivity contribution in [3.63, 3.8) is 0 Å². The Morgan fingerprint density at radius 2 is 1.84 bits per heavy atom. The first-order valence-corrected chi connectivity index (χ1v) is 10.1. The number of rotatable bonds is 6. The Kier molecular flexibility index (Phi) is 5.67. The van der Waals surface area contributed by atoms with Gasteiger partial charge in [-0.3, -0.25) is 4.98 Å². The fourth-order valence-corrected chi connectivity index (χ4v) is 3.22. The van der Waals surface area contributed by atoms with Crippen molar-refractivity contribution in [3.05, 3.63) is 71.7 Å². The number of pyridine rings is 1. The van der Waals surface area contributed by atoms with Crippen LogP contribution in [-0.4, -0.2) is 29.9 Å². The molecule has 4 rings (SSSR count). The molecule has 1 aromatic carbocycles. The van der Waals surface area contributed by atoms with Gasteiger partial charge < -0.3 is 5.73 Å². The predicted octanol–water partition coefficient (Wildman–Crippen LogP) is 3.81. The topological polar surface area (TPSA) is 119 Å². The fourth-order valence-electron chi connectivity index (χ4n) is 3.22. The molecule has 3 heterocycles. The third-order valence-corrected chi connectivity index (χ3v) is 5.10. The molecule has 3 aromatic heterocycles. The van der Waals surface area contributed by atoms with Crippen LogP contribution >= 0.6 is 0 Å². The van der Waals surface area contributed by atoms with E-state index < -0.39 is 0 Å². The van der Waals surface area contributed by atoms with Crippen LogP contribution in [0.5, 0.6) is 0 Å². The third kappa shape index (κ3) is 4.56. The van der Waals surface area contributed by atoms with E-state index in [1.165, 1.54) is 0 Å². The van der Waals surface area contributed by atoms with Crippen molar-refractivity contribution < 1.29 is 0 Å². The number of nitriles is 1. The van der Waals surface area contributed by atoms with Crippen LogP contribution in [0, 0.1) is 11.3 Å². The predicted molar refractivity (Wildman–Crippen MR) is 118 cm³/mol. The first kappa shape index (κ1) is 20.2. The minimum absolute atomic E-state index is 0.132. The van der Waals surface area contributed by atoms with E-state index in [1.807, 2.05) is 30.5 Å². The zero-order valence-corrected chi connectivity index (χ0v) is 17.4. The zero-order chi connectivity index (χ0) is 21.8. The van der Waals surface area contributed by atoms with Gasteiger partial charge in [0.1, 0.15) is 5.69 Å². The van der Waals surface area contributed by atoms with E-state index in [0.717, 1.165) is 23.4 Å². The normalized spacial score (nSPS) is 11.8. The maximum Gasteiger partial charge on any atom is 0.221 e. The molecule has 0 bridgehead atoms. The molecular formula is C23H22N8. The summed E-state index contributed by atoms with van der Waals surface area (Å²) in [6.45, 7) is 4.83. The smallest absolute Gasteiger partial charge is 0.221 e. The molecule has 0 spiro atoms. The number of benzene rings is 1. The summed E-state index contributed by atoms with van der Waals surface area (Å²) >= 11 is 0. The molecule has 31 heavy (non-hydrogen) atoms. The molecule has 4 aromatic rings. The second-order valence-electron chi connectivity index (χ2n) is 7.35. The molecule has 0 saturated carbocycles. The van der Waals surface area contributed by atoms with Crippen molar-refractivity contribution >= 4 is 5.95 Å². The average molecular weight is 410 g/mol. The first-order chi connectivity index (χ1) is 15.1. The van der Waals surface area contributed by atoms with Gasteiger partial charge in [0.15, 0.2) is 0 Å². The Hall–Kier alpha value is -4.12. The van der Waals surface area contributed by atoms with E-state index >= 15 is 0 Å². The molecule has 0 saturated heterocycles. The summed E-state index contributed by atoms with van der Waals surface area (Å²) in [5, 5.41) is 17.6. The van der Waals surface area contributed by atoms with Gasteiger partial charge in [-0.25, -0.2) is 14.6 Å². The highest BCUT2D eigenvalue weighted by molar-refractivity contribution is 5.68. The van der Waals surface area contributed by atoms with Crippen LogP contribution in [0.3, 0.4) is 0 Å². The van der Waals surface area contributed by atoms with Gasteiger partial charge in [-0.05, 0) is 42.7 Å². The maximum absolute atomic E-state index is 9.15. The molecular weight excluding hydrogens is 388 g/mol. The minimum atomic E-state index is 0.132. The second kappa shape index (κ2) is 8.71. The summed E-state index contributed by atoms with van der Waals surface area (Å²) in [4.78, 5) is 13.4. The van der Waals surface area contributed by atoms with Crippen LogP contribution in [0.15, 0.2) is 54.7 Å². The average Bonchev–Trinajstić information content (AvgIpc) is 3.27. The van der Waals surface area contributed by atoms with E-state index in [-0.39, 0.29) is 5.95 Å². The highest BCUT2D eigenvalue weighted by Crippen LogP contribution is 2.24. The number of hydrogen-bond acceptors (Lipinski definition) is 7. The number of nitrogen functional groups attached to an aromatic ring is 1. The van der Waals surface area contributed by atoms with Gasteiger partial charge in [-0.1, -0.05) is 37.3 Å². The molecule has 8 nitrogen and oxygen atoms in total. The first-order valence-electron chi connectivity index (χ1n) is 10.1. The molecule has 0 fully saturated rings. The molecule has 154 valence electrons. The van der Waals surface area contributed by atoms with Crippen LogP contribution in [-0.2, 0) is 6.54 Å². The Bertz CT molecular complexity index is 1250. The lowest BCUT2D eigenvalue weighted by Gasteiger charge is -2.09. The molecule has 1 atom stereocenters. The highest BCUT2D eigenvalue weighted by Gasteiger charge is 2.12. The number of nitrogens with two attached hydrogens (primary N) is 1. The number of hydrogen-bond donors (Lipinski definition) is 1. The summed E-state index contributed by atoms with van der Waals surface area (Å²) in [7, 11) is 0. The summed E-state index contributed by atoms with van der Waals surface area (Å²) < 4.78 is 1.73. The van der Waals surface area contributed by atoms with Gasteiger partial charge in [0.2, 0.25) is 5.95 Å². The van der Waals surface area contributed by atoms with Crippen molar-refractivity contribution in [2.45, 2.75) is 32.7 Å². The lowest BCUT2D eigenvalue weighted by atomic mass is 10.0. The summed E-state index contributed by atoms with van der Waals surface area (Å²) in [6, 6.07) is 17.2. The lowest BCUT2D eigenvalue weighted by molar-refractivity contribution is 0.628. The standard InChI is InChI=1S/C23H22N8/c1-3-15(2)19-9-5-8-18(26-19)13-31-14-22(29-30-31)21-11-20(27-23(25)28-21)17-7-4-6-16(10-17)12-24/h4-11,14-15H,3,13H2,1-2H3,(H2,25,27,28). The quantitative estimate of drug-likeness (QED) is 0.513. The molecule has 0 radical (unpaired) electrons. The fraction of sp³-hybridized carbons (Fsp3) is 0.217. The van der Waals surface area contributed by atoms with Crippen LogP contribution < -0.4 is 5.73 Å². The minimum Gasteiger partial charge on any atom is -0.368 e. The summed E-state index contributed by atoms with van der Waals surface area (Å²) in [5.74, 6) is 0.542. The molecule has 8 heteroatoms. The van der Waals surface area contributed by atoms with Gasteiger partial charge >= 0.3 is 0 Å². The van der Waals surface area contributed by atoms with Crippen LogP contribution in [0.4, 0.5) is 5.95 Å².